The lowest BCUT2D eigenvalue weighted by atomic mass is 9.76. The molecule has 0 saturated heterocycles. The third-order valence-electron chi connectivity index (χ3n) is 8.41. The number of benzene rings is 1. The van der Waals surface area contributed by atoms with E-state index < -0.39 is 40.5 Å². The molecule has 2 amide bonds. The predicted octanol–water partition coefficient (Wildman–Crippen LogP) is 5.95. The third-order valence-corrected chi connectivity index (χ3v) is 8.63. The second-order valence-electron chi connectivity index (χ2n) is 15.1. The normalized spacial score (nSPS) is 15.5. The highest BCUT2D eigenvalue weighted by molar-refractivity contribution is 7.81. The predicted molar refractivity (Wildman–Crippen MR) is 183 cm³/mol. The first-order valence-corrected chi connectivity index (χ1v) is 15.9. The summed E-state index contributed by atoms with van der Waals surface area (Å²) >= 11 is 4.59. The molecule has 9 heteroatoms. The molecule has 1 aromatic rings. The van der Waals surface area contributed by atoms with Crippen molar-refractivity contribution in [3.63, 3.8) is 0 Å². The lowest BCUT2D eigenvalue weighted by Crippen LogP contribution is -2.61. The Balaban J connectivity index is 3.28. The lowest BCUT2D eigenvalue weighted by molar-refractivity contribution is -0.141. The summed E-state index contributed by atoms with van der Waals surface area (Å²) in [6, 6.07) is 6.22. The van der Waals surface area contributed by atoms with Gasteiger partial charge in [0.25, 0.3) is 0 Å². The number of carbonyl (C=O) groups excluding carboxylic acids is 2. The molecule has 0 aromatic heterocycles. The maximum absolute atomic E-state index is 13.9. The first-order chi connectivity index (χ1) is 19.9. The highest BCUT2D eigenvalue weighted by Gasteiger charge is 2.42. The molecule has 3 N–H and O–H groups in total. The first-order valence-electron chi connectivity index (χ1n) is 15.5. The molecule has 8 nitrogen and oxygen atoms in total. The van der Waals surface area contributed by atoms with Crippen molar-refractivity contribution in [1.29, 1.82) is 0 Å². The van der Waals surface area contributed by atoms with Gasteiger partial charge in [0.15, 0.2) is 0 Å². The topological polar surface area (TPSA) is 108 Å². The maximum Gasteiger partial charge on any atom is 0.331 e. The van der Waals surface area contributed by atoms with Gasteiger partial charge in [0, 0.05) is 29.4 Å². The van der Waals surface area contributed by atoms with Crippen molar-refractivity contribution < 1.29 is 24.2 Å². The van der Waals surface area contributed by atoms with Gasteiger partial charge >= 0.3 is 5.97 Å². The molecule has 0 spiro atoms. The van der Waals surface area contributed by atoms with Gasteiger partial charge in [-0.3, -0.25) is 9.59 Å². The molecule has 250 valence electrons. The van der Waals surface area contributed by atoms with E-state index in [0.29, 0.717) is 6.61 Å². The fourth-order valence-corrected chi connectivity index (χ4v) is 5.32. The molecule has 3 atom stereocenters. The zero-order valence-electron chi connectivity index (χ0n) is 29.6. The number of aliphatic carboxylic acids is 1. The summed E-state index contributed by atoms with van der Waals surface area (Å²) in [6.07, 6.45) is 2.43. The SMILES string of the molecule is CN[C@H](C(=O)NC(C(=O)N(C)[C@H](/C=C(\C)C(=O)O)C(C)C)C(C)(C)C)C(C)(C)c1ccc(C(C)(C)OCCC(C)(C)S)cc1. The number of likely N-dealkylation sites (N-methyl/N-ethyl adjacent to an activating group) is 2. The Bertz CT molecular complexity index is 1160. The summed E-state index contributed by atoms with van der Waals surface area (Å²) in [7, 11) is 3.41. The summed E-state index contributed by atoms with van der Waals surface area (Å²) < 4.78 is 6.11. The van der Waals surface area contributed by atoms with E-state index in [-0.39, 0.29) is 28.1 Å². The van der Waals surface area contributed by atoms with Crippen LogP contribution in [0.4, 0.5) is 0 Å². The minimum absolute atomic E-state index is 0.0354. The highest BCUT2D eigenvalue weighted by atomic mass is 32.1. The number of nitrogens with zero attached hydrogens (tertiary/aromatic N) is 1. The Kier molecular flexibility index (Phi) is 13.8. The minimum atomic E-state index is -1.03. The number of carboxylic acid groups (broad SMARTS) is 1. The van der Waals surface area contributed by atoms with Crippen LogP contribution in [0.1, 0.15) is 101 Å². The zero-order valence-corrected chi connectivity index (χ0v) is 30.5. The van der Waals surface area contributed by atoms with Gasteiger partial charge in [-0.2, -0.15) is 12.6 Å². The maximum atomic E-state index is 13.9. The molecule has 44 heavy (non-hydrogen) atoms. The van der Waals surface area contributed by atoms with E-state index in [1.165, 1.54) is 6.92 Å². The average Bonchev–Trinajstić information content (AvgIpc) is 2.87. The number of hydrogen-bond donors (Lipinski definition) is 4. The Morgan fingerprint density at radius 3 is 1.86 bits per heavy atom. The number of ether oxygens (including phenoxy) is 1. The van der Waals surface area contributed by atoms with Crippen LogP contribution in [0.3, 0.4) is 0 Å². The van der Waals surface area contributed by atoms with Gasteiger partial charge in [-0.05, 0) is 56.7 Å². The number of hydrogen-bond acceptors (Lipinski definition) is 6. The van der Waals surface area contributed by atoms with Gasteiger partial charge < -0.3 is 25.4 Å². The molecule has 0 saturated carbocycles. The third kappa shape index (κ3) is 10.9. The van der Waals surface area contributed by atoms with Gasteiger partial charge in [0.2, 0.25) is 11.8 Å². The molecule has 0 heterocycles. The first kappa shape index (κ1) is 39.7. The molecule has 0 radical (unpaired) electrons. The summed E-state index contributed by atoms with van der Waals surface area (Å²) in [4.78, 5) is 40.9. The Morgan fingerprint density at radius 1 is 0.955 bits per heavy atom. The number of rotatable bonds is 15. The van der Waals surface area contributed by atoms with E-state index in [4.69, 9.17) is 4.74 Å². The molecular formula is C35H59N3O5S. The largest absolute Gasteiger partial charge is 0.478 e. The van der Waals surface area contributed by atoms with Crippen LogP contribution in [0.25, 0.3) is 0 Å². The summed E-state index contributed by atoms with van der Waals surface area (Å²) in [5.41, 5.74) is 0.448. The molecule has 0 aliphatic carbocycles. The molecule has 1 aromatic carbocycles. The highest BCUT2D eigenvalue weighted by Crippen LogP contribution is 2.32. The summed E-state index contributed by atoms with van der Waals surface area (Å²) in [6.45, 7) is 24.0. The number of nitrogens with one attached hydrogen (secondary N) is 2. The van der Waals surface area contributed by atoms with Crippen molar-refractivity contribution in [2.45, 2.75) is 123 Å². The van der Waals surface area contributed by atoms with Gasteiger partial charge in [0.05, 0.1) is 17.7 Å². The molecular weight excluding hydrogens is 574 g/mol. The quantitative estimate of drug-likeness (QED) is 0.141. The average molecular weight is 634 g/mol. The van der Waals surface area contributed by atoms with Gasteiger partial charge in [-0.1, -0.05) is 92.7 Å². The van der Waals surface area contributed by atoms with E-state index in [9.17, 15) is 19.5 Å². The van der Waals surface area contributed by atoms with Crippen LogP contribution in [0, 0.1) is 11.3 Å². The van der Waals surface area contributed by atoms with Gasteiger partial charge in [0.1, 0.15) is 6.04 Å². The number of carbonyl (C=O) groups is 3. The number of thiol groups is 1. The zero-order chi connectivity index (χ0) is 34.4. The molecule has 0 bridgehead atoms. The fourth-order valence-electron chi connectivity index (χ4n) is 5.23. The van der Waals surface area contributed by atoms with Crippen molar-refractivity contribution >= 4 is 30.4 Å². The van der Waals surface area contributed by atoms with Crippen LogP contribution in [-0.2, 0) is 30.1 Å². The monoisotopic (exact) mass is 633 g/mol. The lowest BCUT2D eigenvalue weighted by Gasteiger charge is -2.40. The van der Waals surface area contributed by atoms with Crippen LogP contribution in [-0.4, -0.2) is 71.4 Å². The van der Waals surface area contributed by atoms with Gasteiger partial charge in [-0.15, -0.1) is 0 Å². The van der Waals surface area contributed by atoms with E-state index >= 15 is 0 Å². The van der Waals surface area contributed by atoms with Crippen LogP contribution >= 0.6 is 12.6 Å². The van der Waals surface area contributed by atoms with Crippen LogP contribution in [0.2, 0.25) is 0 Å². The second-order valence-corrected chi connectivity index (χ2v) is 16.3. The fraction of sp³-hybridized carbons (Fsp3) is 0.686. The van der Waals surface area contributed by atoms with Crippen molar-refractivity contribution in [3.8, 4) is 0 Å². The number of amides is 2. The molecule has 0 aliphatic heterocycles. The summed E-state index contributed by atoms with van der Waals surface area (Å²) in [5, 5.41) is 15.7. The van der Waals surface area contributed by atoms with Crippen LogP contribution < -0.4 is 10.6 Å². The van der Waals surface area contributed by atoms with Crippen molar-refractivity contribution in [1.82, 2.24) is 15.5 Å². The Labute approximate surface area is 272 Å². The standard InChI is InChI=1S/C35H59N3O5S/c1-22(2)26(21-23(3)31(41)42)38(14)30(40)28(32(4,5)6)37-29(39)27(36-13)34(9,10)24-15-17-25(18-16-24)35(11,12)43-20-19-33(7,8)44/h15-18,21-22,26-28,36,44H,19-20H2,1-14H3,(H,37,39)(H,41,42)/b23-21+/t26-,27-,28?/m1/s1. The Hall–Kier alpha value is -2.36. The van der Waals surface area contributed by atoms with Crippen molar-refractivity contribution in [2.24, 2.45) is 11.3 Å². The van der Waals surface area contributed by atoms with Gasteiger partial charge in [-0.25, -0.2) is 4.79 Å². The Morgan fingerprint density at radius 2 is 1.45 bits per heavy atom. The summed E-state index contributed by atoms with van der Waals surface area (Å²) in [5.74, 6) is -1.64. The van der Waals surface area contributed by atoms with Crippen LogP contribution in [0.5, 0.6) is 0 Å². The van der Waals surface area contributed by atoms with E-state index in [1.54, 1.807) is 25.1 Å². The van der Waals surface area contributed by atoms with E-state index in [0.717, 1.165) is 17.5 Å². The minimum Gasteiger partial charge on any atom is -0.478 e. The molecule has 1 rings (SSSR count). The second kappa shape index (κ2) is 15.3. The molecule has 0 fully saturated rings. The van der Waals surface area contributed by atoms with Crippen molar-refractivity contribution in [3.05, 3.63) is 47.0 Å². The van der Waals surface area contributed by atoms with Crippen LogP contribution in [0.15, 0.2) is 35.9 Å². The van der Waals surface area contributed by atoms with E-state index in [1.807, 2.05) is 86.6 Å². The van der Waals surface area contributed by atoms with E-state index in [2.05, 4.69) is 37.1 Å². The molecule has 0 aliphatic rings. The number of carboxylic acids is 1. The van der Waals surface area contributed by atoms with Crippen molar-refractivity contribution in [2.75, 3.05) is 20.7 Å². The molecule has 1 unspecified atom stereocenters. The smallest absolute Gasteiger partial charge is 0.331 e.